The van der Waals surface area contributed by atoms with E-state index in [9.17, 15) is 5.11 Å². The van der Waals surface area contributed by atoms with E-state index >= 15 is 0 Å². The number of aryl methyl sites for hydroxylation is 1. The summed E-state index contributed by atoms with van der Waals surface area (Å²) in [6.45, 7) is 0.406. The van der Waals surface area contributed by atoms with E-state index in [0.717, 1.165) is 29.8 Å². The van der Waals surface area contributed by atoms with Crippen LogP contribution in [0.15, 0.2) is 0 Å². The number of aliphatic hydroxyl groups excluding tert-OH is 1. The van der Waals surface area contributed by atoms with Crippen molar-refractivity contribution in [3.63, 3.8) is 0 Å². The van der Waals surface area contributed by atoms with Crippen molar-refractivity contribution >= 4 is 0 Å². The molecule has 0 radical (unpaired) electrons. The number of hydrogen-bond acceptors (Lipinski definition) is 3. The van der Waals surface area contributed by atoms with Crippen LogP contribution in [-0.2, 0) is 13.0 Å². The molecule has 1 aliphatic rings. The quantitative estimate of drug-likeness (QED) is 0.525. The predicted octanol–water partition coefficient (Wildman–Crippen LogP) is -0.152. The molecule has 11 heavy (non-hydrogen) atoms. The Balaban J connectivity index is 2.46. The van der Waals surface area contributed by atoms with Crippen LogP contribution in [0.4, 0.5) is 0 Å². The van der Waals surface area contributed by atoms with Gasteiger partial charge in [-0.15, -0.1) is 0 Å². The number of fused-ring (bicyclic) bond motifs is 1. The molecule has 0 aromatic carbocycles. The molecule has 0 spiro atoms. The zero-order chi connectivity index (χ0) is 7.84. The Morgan fingerprint density at radius 3 is 3.27 bits per heavy atom. The highest BCUT2D eigenvalue weighted by Crippen LogP contribution is 2.31. The Morgan fingerprint density at radius 2 is 2.55 bits per heavy atom. The predicted molar refractivity (Wildman–Crippen MR) is 39.8 cm³/mol. The smallest absolute Gasteiger partial charge is 0.0830 e. The van der Waals surface area contributed by atoms with Gasteiger partial charge in [0.25, 0.3) is 0 Å². The normalized spacial score (nSPS) is 22.2. The summed E-state index contributed by atoms with van der Waals surface area (Å²) in [6.07, 6.45) is 1.35. The van der Waals surface area contributed by atoms with Gasteiger partial charge in [0.1, 0.15) is 0 Å². The van der Waals surface area contributed by atoms with E-state index in [1.807, 2.05) is 0 Å². The van der Waals surface area contributed by atoms with Gasteiger partial charge in [-0.05, 0) is 12.8 Å². The highest BCUT2D eigenvalue weighted by atomic mass is 16.3. The van der Waals surface area contributed by atoms with Gasteiger partial charge in [0, 0.05) is 17.8 Å². The third-order valence-electron chi connectivity index (χ3n) is 2.16. The molecule has 1 heterocycles. The van der Waals surface area contributed by atoms with Gasteiger partial charge in [-0.2, -0.15) is 5.10 Å². The number of aliphatic hydroxyl groups is 1. The maximum atomic E-state index is 9.47. The summed E-state index contributed by atoms with van der Waals surface area (Å²) in [5.74, 6) is 0. The second-order valence-electron chi connectivity index (χ2n) is 2.82. The first-order valence-corrected chi connectivity index (χ1v) is 3.77. The molecular weight excluding hydrogens is 142 g/mol. The minimum absolute atomic E-state index is 0.345. The molecule has 0 bridgehead atoms. The standard InChI is InChI=1S/C7H11N3O/c8-3-5-7-4(9-10-5)1-2-6(7)11/h6,11H,1-3,8H2,(H,9,10). The van der Waals surface area contributed by atoms with Crippen molar-refractivity contribution in [2.75, 3.05) is 0 Å². The van der Waals surface area contributed by atoms with Crippen LogP contribution in [0.25, 0.3) is 0 Å². The highest BCUT2D eigenvalue weighted by Gasteiger charge is 2.25. The summed E-state index contributed by atoms with van der Waals surface area (Å²) < 4.78 is 0. The average molecular weight is 153 g/mol. The fraction of sp³-hybridized carbons (Fsp3) is 0.571. The maximum Gasteiger partial charge on any atom is 0.0830 e. The zero-order valence-corrected chi connectivity index (χ0v) is 6.17. The Hall–Kier alpha value is -0.870. The molecule has 60 valence electrons. The van der Waals surface area contributed by atoms with E-state index in [-0.39, 0.29) is 6.10 Å². The lowest BCUT2D eigenvalue weighted by atomic mass is 10.1. The van der Waals surface area contributed by atoms with E-state index in [4.69, 9.17) is 5.73 Å². The number of aromatic amines is 1. The zero-order valence-electron chi connectivity index (χ0n) is 6.17. The molecule has 4 nitrogen and oxygen atoms in total. The van der Waals surface area contributed by atoms with E-state index in [2.05, 4.69) is 10.2 Å². The Morgan fingerprint density at radius 1 is 1.73 bits per heavy atom. The molecule has 0 saturated heterocycles. The van der Waals surface area contributed by atoms with Crippen LogP contribution >= 0.6 is 0 Å². The minimum Gasteiger partial charge on any atom is -0.388 e. The van der Waals surface area contributed by atoms with Gasteiger partial charge in [0.2, 0.25) is 0 Å². The number of rotatable bonds is 1. The first kappa shape index (κ1) is 6.82. The van der Waals surface area contributed by atoms with Crippen LogP contribution in [0.2, 0.25) is 0 Å². The molecule has 0 aliphatic heterocycles. The summed E-state index contributed by atoms with van der Waals surface area (Å²) in [6, 6.07) is 0. The van der Waals surface area contributed by atoms with Gasteiger partial charge in [0.15, 0.2) is 0 Å². The van der Waals surface area contributed by atoms with Crippen molar-refractivity contribution in [3.8, 4) is 0 Å². The van der Waals surface area contributed by atoms with Crippen LogP contribution in [0, 0.1) is 0 Å². The van der Waals surface area contributed by atoms with Crippen LogP contribution < -0.4 is 5.73 Å². The number of nitrogens with two attached hydrogens (primary N) is 1. The number of hydrogen-bond donors (Lipinski definition) is 3. The molecule has 0 saturated carbocycles. The van der Waals surface area contributed by atoms with Crippen molar-refractivity contribution in [2.24, 2.45) is 5.73 Å². The molecule has 1 aromatic heterocycles. The maximum absolute atomic E-state index is 9.47. The van der Waals surface area contributed by atoms with Crippen LogP contribution in [0.1, 0.15) is 29.5 Å². The Bertz CT molecular complexity index is 269. The van der Waals surface area contributed by atoms with Crippen molar-refractivity contribution in [1.82, 2.24) is 10.2 Å². The molecule has 1 atom stereocenters. The monoisotopic (exact) mass is 153 g/mol. The molecule has 0 fully saturated rings. The summed E-state index contributed by atoms with van der Waals surface area (Å²) >= 11 is 0. The summed E-state index contributed by atoms with van der Waals surface area (Å²) in [5, 5.41) is 16.3. The Kier molecular flexibility index (Phi) is 1.44. The summed E-state index contributed by atoms with van der Waals surface area (Å²) in [7, 11) is 0. The van der Waals surface area contributed by atoms with Crippen molar-refractivity contribution < 1.29 is 5.11 Å². The number of H-pyrrole nitrogens is 1. The van der Waals surface area contributed by atoms with Gasteiger partial charge >= 0.3 is 0 Å². The van der Waals surface area contributed by atoms with Gasteiger partial charge in [-0.1, -0.05) is 0 Å². The lowest BCUT2D eigenvalue weighted by Gasteiger charge is -2.00. The molecular formula is C7H11N3O. The van der Waals surface area contributed by atoms with Gasteiger partial charge < -0.3 is 10.8 Å². The van der Waals surface area contributed by atoms with Gasteiger partial charge in [-0.3, -0.25) is 5.10 Å². The third-order valence-corrected chi connectivity index (χ3v) is 2.16. The van der Waals surface area contributed by atoms with E-state index < -0.39 is 0 Å². The van der Waals surface area contributed by atoms with Crippen molar-refractivity contribution in [1.29, 1.82) is 0 Å². The fourth-order valence-electron chi connectivity index (χ4n) is 1.59. The summed E-state index contributed by atoms with van der Waals surface area (Å²) in [5.41, 5.74) is 8.24. The molecule has 2 rings (SSSR count). The van der Waals surface area contributed by atoms with Gasteiger partial charge in [0.05, 0.1) is 11.8 Å². The van der Waals surface area contributed by atoms with Crippen LogP contribution in [0.5, 0.6) is 0 Å². The van der Waals surface area contributed by atoms with Crippen molar-refractivity contribution in [2.45, 2.75) is 25.5 Å². The average Bonchev–Trinajstić information content (AvgIpc) is 2.54. The third kappa shape index (κ3) is 0.868. The van der Waals surface area contributed by atoms with E-state index in [1.54, 1.807) is 0 Å². The molecule has 4 heteroatoms. The topological polar surface area (TPSA) is 74.9 Å². The van der Waals surface area contributed by atoms with Gasteiger partial charge in [-0.25, -0.2) is 0 Å². The highest BCUT2D eigenvalue weighted by molar-refractivity contribution is 5.31. The number of nitrogens with one attached hydrogen (secondary N) is 1. The molecule has 0 amide bonds. The lowest BCUT2D eigenvalue weighted by molar-refractivity contribution is 0.178. The molecule has 4 N–H and O–H groups in total. The first-order chi connectivity index (χ1) is 5.33. The van der Waals surface area contributed by atoms with Crippen molar-refractivity contribution in [3.05, 3.63) is 17.0 Å². The second-order valence-corrected chi connectivity index (χ2v) is 2.82. The fourth-order valence-corrected chi connectivity index (χ4v) is 1.59. The van der Waals surface area contributed by atoms with E-state index in [0.29, 0.717) is 6.54 Å². The molecule has 1 aliphatic carbocycles. The lowest BCUT2D eigenvalue weighted by Crippen LogP contribution is -2.02. The Labute approximate surface area is 64.4 Å². The second kappa shape index (κ2) is 2.32. The minimum atomic E-state index is -0.345. The number of aromatic nitrogens is 2. The van der Waals surface area contributed by atoms with E-state index in [1.165, 1.54) is 0 Å². The number of nitrogens with zero attached hydrogens (tertiary/aromatic N) is 1. The molecule has 1 aromatic rings. The SMILES string of the molecule is NCc1n[nH]c2c1C(O)CC2. The van der Waals surface area contributed by atoms with Crippen LogP contribution in [-0.4, -0.2) is 15.3 Å². The summed E-state index contributed by atoms with van der Waals surface area (Å²) in [4.78, 5) is 0. The van der Waals surface area contributed by atoms with Crippen LogP contribution in [0.3, 0.4) is 0 Å². The molecule has 1 unspecified atom stereocenters. The largest absolute Gasteiger partial charge is 0.388 e. The first-order valence-electron chi connectivity index (χ1n) is 3.77.